The Kier molecular flexibility index (Phi) is 3.18. The van der Waals surface area contributed by atoms with Gasteiger partial charge in [-0.1, -0.05) is 0 Å². The number of nitrogens with two attached hydrogens (primary N) is 1. The lowest BCUT2D eigenvalue weighted by molar-refractivity contribution is 0.976. The second kappa shape index (κ2) is 4.78. The van der Waals surface area contributed by atoms with E-state index in [4.69, 9.17) is 5.73 Å². The van der Waals surface area contributed by atoms with Crippen LogP contribution in [0.4, 0.5) is 11.5 Å². The van der Waals surface area contributed by atoms with Crippen LogP contribution in [0.15, 0.2) is 24.7 Å². The Labute approximate surface area is 100 Å². The molecule has 0 saturated carbocycles. The van der Waals surface area contributed by atoms with Crippen molar-refractivity contribution in [1.82, 2.24) is 15.0 Å². The monoisotopic (exact) mass is 229 g/mol. The van der Waals surface area contributed by atoms with Crippen molar-refractivity contribution < 1.29 is 0 Å². The smallest absolute Gasteiger partial charge is 0.128 e. The van der Waals surface area contributed by atoms with Crippen LogP contribution in [0.25, 0.3) is 0 Å². The molecular weight excluding hydrogens is 214 g/mol. The second-order valence-corrected chi connectivity index (χ2v) is 3.93. The normalized spacial score (nSPS) is 10.2. The summed E-state index contributed by atoms with van der Waals surface area (Å²) < 4.78 is 0. The molecule has 0 aliphatic heterocycles. The summed E-state index contributed by atoms with van der Waals surface area (Å²) in [7, 11) is 0. The molecule has 2 heterocycles. The fraction of sp³-hybridized carbons (Fsp3) is 0.250. The molecule has 3 N–H and O–H groups in total. The number of aromatic nitrogens is 3. The molecule has 17 heavy (non-hydrogen) atoms. The number of pyridine rings is 1. The van der Waals surface area contributed by atoms with Gasteiger partial charge in [-0.15, -0.1) is 0 Å². The van der Waals surface area contributed by atoms with E-state index in [2.05, 4.69) is 20.3 Å². The number of aryl methyl sites for hydroxylation is 2. The third-order valence-electron chi connectivity index (χ3n) is 2.43. The zero-order valence-electron chi connectivity index (χ0n) is 9.94. The number of anilines is 2. The summed E-state index contributed by atoms with van der Waals surface area (Å²) in [4.78, 5) is 12.7. The minimum absolute atomic E-state index is 0.586. The standard InChI is InChI=1S/C12H15N5/c1-8-4-16-12(3-11(8)13)17-7-10-6-14-9(2)5-15-10/h3-6H,7H2,1-2H3,(H3,13,16,17). The van der Waals surface area contributed by atoms with Gasteiger partial charge in [-0.25, -0.2) is 4.98 Å². The Balaban J connectivity index is 2.02. The molecule has 0 unspecified atom stereocenters. The molecule has 0 atom stereocenters. The summed E-state index contributed by atoms with van der Waals surface area (Å²) in [5.74, 6) is 0.746. The predicted octanol–water partition coefficient (Wildman–Crippen LogP) is 1.68. The molecule has 0 spiro atoms. The first kappa shape index (κ1) is 11.3. The number of nitrogens with one attached hydrogen (secondary N) is 1. The lowest BCUT2D eigenvalue weighted by Crippen LogP contribution is -2.05. The Morgan fingerprint density at radius 1 is 1.12 bits per heavy atom. The van der Waals surface area contributed by atoms with E-state index in [-0.39, 0.29) is 0 Å². The molecule has 0 bridgehead atoms. The Morgan fingerprint density at radius 2 is 1.94 bits per heavy atom. The van der Waals surface area contributed by atoms with Crippen molar-refractivity contribution in [3.63, 3.8) is 0 Å². The van der Waals surface area contributed by atoms with Gasteiger partial charge in [0.25, 0.3) is 0 Å². The quantitative estimate of drug-likeness (QED) is 0.837. The fourth-order valence-corrected chi connectivity index (χ4v) is 1.33. The molecule has 0 amide bonds. The van der Waals surface area contributed by atoms with E-state index in [1.54, 1.807) is 18.6 Å². The van der Waals surface area contributed by atoms with E-state index in [1.807, 2.05) is 19.9 Å². The summed E-state index contributed by atoms with van der Waals surface area (Å²) in [5, 5.41) is 3.15. The van der Waals surface area contributed by atoms with Crippen molar-refractivity contribution in [2.24, 2.45) is 0 Å². The van der Waals surface area contributed by atoms with Gasteiger partial charge in [0.15, 0.2) is 0 Å². The van der Waals surface area contributed by atoms with Crippen LogP contribution in [0.5, 0.6) is 0 Å². The van der Waals surface area contributed by atoms with Gasteiger partial charge in [0.2, 0.25) is 0 Å². The molecule has 0 saturated heterocycles. The molecule has 88 valence electrons. The lowest BCUT2D eigenvalue weighted by atomic mass is 10.2. The van der Waals surface area contributed by atoms with Gasteiger partial charge in [0.05, 0.1) is 24.1 Å². The highest BCUT2D eigenvalue weighted by Gasteiger charge is 1.99. The maximum absolute atomic E-state index is 5.80. The summed E-state index contributed by atoms with van der Waals surface area (Å²) in [5.41, 5.74) is 9.29. The predicted molar refractivity (Wildman–Crippen MR) is 67.5 cm³/mol. The zero-order valence-corrected chi connectivity index (χ0v) is 9.94. The van der Waals surface area contributed by atoms with Crippen molar-refractivity contribution in [1.29, 1.82) is 0 Å². The first-order chi connectivity index (χ1) is 8.15. The zero-order chi connectivity index (χ0) is 12.3. The van der Waals surface area contributed by atoms with E-state index in [1.165, 1.54) is 0 Å². The molecule has 2 aromatic heterocycles. The van der Waals surface area contributed by atoms with E-state index in [9.17, 15) is 0 Å². The molecule has 0 fully saturated rings. The molecule has 2 rings (SSSR count). The largest absolute Gasteiger partial charge is 0.398 e. The van der Waals surface area contributed by atoms with Gasteiger partial charge < -0.3 is 11.1 Å². The van der Waals surface area contributed by atoms with Gasteiger partial charge >= 0.3 is 0 Å². The Hall–Kier alpha value is -2.17. The van der Waals surface area contributed by atoms with Gasteiger partial charge in [0, 0.05) is 24.1 Å². The van der Waals surface area contributed by atoms with E-state index < -0.39 is 0 Å². The average molecular weight is 229 g/mol. The molecule has 2 aromatic rings. The van der Waals surface area contributed by atoms with Gasteiger partial charge in [0.1, 0.15) is 5.82 Å². The van der Waals surface area contributed by atoms with E-state index in [0.717, 1.165) is 28.5 Å². The minimum Gasteiger partial charge on any atom is -0.398 e. The highest BCUT2D eigenvalue weighted by molar-refractivity contribution is 5.53. The molecule has 0 aromatic carbocycles. The van der Waals surface area contributed by atoms with Crippen LogP contribution in [-0.2, 0) is 6.54 Å². The number of hydrogen-bond acceptors (Lipinski definition) is 5. The highest BCUT2D eigenvalue weighted by atomic mass is 15.0. The van der Waals surface area contributed by atoms with Gasteiger partial charge in [-0.2, -0.15) is 0 Å². The van der Waals surface area contributed by atoms with Crippen molar-refractivity contribution in [3.8, 4) is 0 Å². The molecule has 5 heteroatoms. The average Bonchev–Trinajstić information content (AvgIpc) is 2.33. The maximum atomic E-state index is 5.80. The number of hydrogen-bond donors (Lipinski definition) is 2. The van der Waals surface area contributed by atoms with Crippen molar-refractivity contribution >= 4 is 11.5 Å². The van der Waals surface area contributed by atoms with Crippen LogP contribution < -0.4 is 11.1 Å². The summed E-state index contributed by atoms with van der Waals surface area (Å²) in [6, 6.07) is 1.82. The highest BCUT2D eigenvalue weighted by Crippen LogP contribution is 2.13. The van der Waals surface area contributed by atoms with E-state index >= 15 is 0 Å². The molecular formula is C12H15N5. The first-order valence-corrected chi connectivity index (χ1v) is 5.38. The van der Waals surface area contributed by atoms with Crippen molar-refractivity contribution in [2.45, 2.75) is 20.4 Å². The molecule has 5 nitrogen and oxygen atoms in total. The lowest BCUT2D eigenvalue weighted by Gasteiger charge is -2.07. The first-order valence-electron chi connectivity index (χ1n) is 5.38. The Morgan fingerprint density at radius 3 is 2.59 bits per heavy atom. The summed E-state index contributed by atoms with van der Waals surface area (Å²) >= 11 is 0. The maximum Gasteiger partial charge on any atom is 0.128 e. The molecule has 0 aliphatic carbocycles. The van der Waals surface area contributed by atoms with Gasteiger partial charge in [-0.3, -0.25) is 9.97 Å². The minimum atomic E-state index is 0.586. The molecule has 0 aliphatic rings. The van der Waals surface area contributed by atoms with Crippen LogP contribution in [0, 0.1) is 13.8 Å². The van der Waals surface area contributed by atoms with Crippen molar-refractivity contribution in [2.75, 3.05) is 11.1 Å². The Bertz CT molecular complexity index is 507. The second-order valence-electron chi connectivity index (χ2n) is 3.93. The van der Waals surface area contributed by atoms with Crippen LogP contribution in [0.3, 0.4) is 0 Å². The molecule has 0 radical (unpaired) electrons. The van der Waals surface area contributed by atoms with Crippen LogP contribution in [0.2, 0.25) is 0 Å². The number of rotatable bonds is 3. The number of nitrogen functional groups attached to an aromatic ring is 1. The third-order valence-corrected chi connectivity index (χ3v) is 2.43. The van der Waals surface area contributed by atoms with Crippen LogP contribution >= 0.6 is 0 Å². The summed E-state index contributed by atoms with van der Waals surface area (Å²) in [6.45, 7) is 4.42. The summed E-state index contributed by atoms with van der Waals surface area (Å²) in [6.07, 6.45) is 5.24. The number of nitrogens with zero attached hydrogens (tertiary/aromatic N) is 3. The third kappa shape index (κ3) is 2.90. The van der Waals surface area contributed by atoms with Crippen LogP contribution in [-0.4, -0.2) is 15.0 Å². The van der Waals surface area contributed by atoms with Crippen LogP contribution in [0.1, 0.15) is 17.0 Å². The van der Waals surface area contributed by atoms with Gasteiger partial charge in [-0.05, 0) is 19.4 Å². The van der Waals surface area contributed by atoms with Crippen molar-refractivity contribution in [3.05, 3.63) is 41.6 Å². The van der Waals surface area contributed by atoms with E-state index in [0.29, 0.717) is 6.54 Å². The topological polar surface area (TPSA) is 76.7 Å². The SMILES string of the molecule is Cc1cnc(CNc2cc(N)c(C)cn2)cn1. The fourth-order valence-electron chi connectivity index (χ4n) is 1.33.